The van der Waals surface area contributed by atoms with Gasteiger partial charge in [0.15, 0.2) is 5.11 Å². The van der Waals surface area contributed by atoms with Gasteiger partial charge >= 0.3 is 0 Å². The number of furan rings is 1. The van der Waals surface area contributed by atoms with E-state index in [0.717, 1.165) is 27.9 Å². The molecule has 4 nitrogen and oxygen atoms in total. The van der Waals surface area contributed by atoms with Gasteiger partial charge in [-0.3, -0.25) is 0 Å². The van der Waals surface area contributed by atoms with Crippen LogP contribution in [0, 0.1) is 6.92 Å². The van der Waals surface area contributed by atoms with Crippen LogP contribution in [0.5, 0.6) is 5.75 Å². The average molecular weight is 344 g/mol. The third-order valence-corrected chi connectivity index (χ3v) is 4.94. The Kier molecular flexibility index (Phi) is 5.41. The van der Waals surface area contributed by atoms with Crippen LogP contribution < -0.4 is 10.1 Å². The van der Waals surface area contributed by atoms with Crippen LogP contribution in [0.4, 0.5) is 5.69 Å². The molecule has 128 valence electrons. The quantitative estimate of drug-likeness (QED) is 0.793. The number of nitrogens with one attached hydrogen (secondary N) is 1. The van der Waals surface area contributed by atoms with Crippen LogP contribution in [-0.4, -0.2) is 23.2 Å². The molecule has 1 heterocycles. The predicted molar refractivity (Wildman–Crippen MR) is 100 cm³/mol. The fourth-order valence-corrected chi connectivity index (χ4v) is 3.57. The molecule has 0 radical (unpaired) electrons. The van der Waals surface area contributed by atoms with E-state index in [-0.39, 0.29) is 0 Å². The summed E-state index contributed by atoms with van der Waals surface area (Å²) in [5.41, 5.74) is 2.13. The predicted octanol–water partition coefficient (Wildman–Crippen LogP) is 4.74. The maximum absolute atomic E-state index is 5.73. The van der Waals surface area contributed by atoms with E-state index in [1.807, 2.05) is 30.3 Å². The van der Waals surface area contributed by atoms with Gasteiger partial charge in [-0.1, -0.05) is 12.8 Å². The van der Waals surface area contributed by atoms with Gasteiger partial charge in [0.1, 0.15) is 11.5 Å². The fourth-order valence-electron chi connectivity index (χ4n) is 3.24. The number of aryl methyl sites for hydroxylation is 1. The lowest BCUT2D eigenvalue weighted by Crippen LogP contribution is -2.41. The van der Waals surface area contributed by atoms with Crippen molar-refractivity contribution in [2.75, 3.05) is 12.4 Å². The van der Waals surface area contributed by atoms with Gasteiger partial charge in [0, 0.05) is 11.7 Å². The minimum atomic E-state index is 0.480. The van der Waals surface area contributed by atoms with Crippen LogP contribution >= 0.6 is 12.2 Å². The first-order valence-corrected chi connectivity index (χ1v) is 8.83. The Morgan fingerprint density at radius 3 is 2.75 bits per heavy atom. The molecular weight excluding hydrogens is 320 g/mol. The summed E-state index contributed by atoms with van der Waals surface area (Å²) in [4.78, 5) is 2.27. The number of benzene rings is 1. The van der Waals surface area contributed by atoms with Crippen molar-refractivity contribution in [1.82, 2.24) is 4.90 Å². The highest BCUT2D eigenvalue weighted by molar-refractivity contribution is 7.80. The summed E-state index contributed by atoms with van der Waals surface area (Å²) < 4.78 is 10.8. The van der Waals surface area contributed by atoms with E-state index in [1.165, 1.54) is 25.7 Å². The number of hydrogen-bond acceptors (Lipinski definition) is 3. The van der Waals surface area contributed by atoms with Gasteiger partial charge in [0.25, 0.3) is 0 Å². The molecule has 1 aromatic heterocycles. The summed E-state index contributed by atoms with van der Waals surface area (Å²) in [5.74, 6) is 1.80. The molecular formula is C19H24N2O2S. The molecule has 0 bridgehead atoms. The summed E-state index contributed by atoms with van der Waals surface area (Å²) in [7, 11) is 1.68. The highest BCUT2D eigenvalue weighted by Gasteiger charge is 2.25. The van der Waals surface area contributed by atoms with Crippen LogP contribution in [0.15, 0.2) is 41.0 Å². The zero-order valence-corrected chi connectivity index (χ0v) is 15.1. The molecule has 1 aliphatic carbocycles. The first kappa shape index (κ1) is 16.8. The Bertz CT molecular complexity index is 679. The van der Waals surface area contributed by atoms with Gasteiger partial charge in [0.2, 0.25) is 0 Å². The first-order chi connectivity index (χ1) is 11.7. The molecule has 2 aromatic rings. The summed E-state index contributed by atoms with van der Waals surface area (Å²) in [5, 5.41) is 4.17. The van der Waals surface area contributed by atoms with E-state index < -0.39 is 0 Å². The molecule has 0 saturated heterocycles. The lowest BCUT2D eigenvalue weighted by molar-refractivity contribution is 0.286. The summed E-state index contributed by atoms with van der Waals surface area (Å²) >= 11 is 5.73. The Morgan fingerprint density at radius 1 is 1.33 bits per heavy atom. The van der Waals surface area contributed by atoms with E-state index in [2.05, 4.69) is 17.1 Å². The molecule has 1 aromatic carbocycles. The van der Waals surface area contributed by atoms with Crippen molar-refractivity contribution in [2.45, 2.75) is 45.2 Å². The molecule has 1 aliphatic rings. The number of anilines is 1. The molecule has 0 atom stereocenters. The Morgan fingerprint density at radius 2 is 2.12 bits per heavy atom. The van der Waals surface area contributed by atoms with Gasteiger partial charge < -0.3 is 19.4 Å². The topological polar surface area (TPSA) is 37.6 Å². The van der Waals surface area contributed by atoms with Crippen molar-refractivity contribution in [3.8, 4) is 5.75 Å². The lowest BCUT2D eigenvalue weighted by Gasteiger charge is -2.31. The molecule has 1 saturated carbocycles. The number of hydrogen-bond donors (Lipinski definition) is 1. The SMILES string of the molecule is COc1ccc(NC(=S)N(Cc2ccco2)C2CCCC2)c(C)c1. The maximum Gasteiger partial charge on any atom is 0.174 e. The van der Waals surface area contributed by atoms with E-state index in [9.17, 15) is 0 Å². The zero-order valence-electron chi connectivity index (χ0n) is 14.2. The van der Waals surface area contributed by atoms with Crippen molar-refractivity contribution in [3.05, 3.63) is 47.9 Å². The van der Waals surface area contributed by atoms with Crippen LogP contribution in [0.25, 0.3) is 0 Å². The van der Waals surface area contributed by atoms with Crippen LogP contribution in [-0.2, 0) is 6.54 Å². The molecule has 24 heavy (non-hydrogen) atoms. The third kappa shape index (κ3) is 3.90. The number of ether oxygens (including phenoxy) is 1. The zero-order chi connectivity index (χ0) is 16.9. The molecule has 3 rings (SSSR count). The first-order valence-electron chi connectivity index (χ1n) is 8.42. The molecule has 0 unspecified atom stereocenters. The smallest absolute Gasteiger partial charge is 0.174 e. The van der Waals surface area contributed by atoms with Crippen molar-refractivity contribution in [2.24, 2.45) is 0 Å². The highest BCUT2D eigenvalue weighted by Crippen LogP contribution is 2.27. The molecule has 5 heteroatoms. The van der Waals surface area contributed by atoms with Crippen LogP contribution in [0.2, 0.25) is 0 Å². The van der Waals surface area contributed by atoms with E-state index in [4.69, 9.17) is 21.4 Å². The molecule has 0 spiro atoms. The number of methoxy groups -OCH3 is 1. The Labute approximate surface area is 148 Å². The number of nitrogens with zero attached hydrogens (tertiary/aromatic N) is 1. The minimum Gasteiger partial charge on any atom is -0.497 e. The second-order valence-corrected chi connectivity index (χ2v) is 6.64. The third-order valence-electron chi connectivity index (χ3n) is 4.61. The van der Waals surface area contributed by atoms with Crippen LogP contribution in [0.3, 0.4) is 0 Å². The van der Waals surface area contributed by atoms with E-state index in [1.54, 1.807) is 13.4 Å². The van der Waals surface area contributed by atoms with Crippen molar-refractivity contribution < 1.29 is 9.15 Å². The van der Waals surface area contributed by atoms with Crippen molar-refractivity contribution >= 4 is 23.0 Å². The van der Waals surface area contributed by atoms with Crippen molar-refractivity contribution in [1.29, 1.82) is 0 Å². The monoisotopic (exact) mass is 344 g/mol. The van der Waals surface area contributed by atoms with Gasteiger partial charge in [-0.15, -0.1) is 0 Å². The van der Waals surface area contributed by atoms with E-state index >= 15 is 0 Å². The number of thiocarbonyl (C=S) groups is 1. The Hall–Kier alpha value is -2.01. The highest BCUT2D eigenvalue weighted by atomic mass is 32.1. The normalized spacial score (nSPS) is 14.6. The fraction of sp³-hybridized carbons (Fsp3) is 0.421. The average Bonchev–Trinajstić information content (AvgIpc) is 3.27. The van der Waals surface area contributed by atoms with Gasteiger partial charge in [-0.05, 0) is 67.9 Å². The standard InChI is InChI=1S/C19H24N2O2S/c1-14-12-16(22-2)9-10-18(14)20-19(24)21(15-6-3-4-7-15)13-17-8-5-11-23-17/h5,8-12,15H,3-4,6-7,13H2,1-2H3,(H,20,24). The van der Waals surface area contributed by atoms with E-state index in [0.29, 0.717) is 12.6 Å². The lowest BCUT2D eigenvalue weighted by atomic mass is 10.2. The summed E-state index contributed by atoms with van der Waals surface area (Å²) in [6, 6.07) is 10.4. The minimum absolute atomic E-state index is 0.480. The molecule has 1 fully saturated rings. The van der Waals surface area contributed by atoms with Gasteiger partial charge in [-0.2, -0.15) is 0 Å². The second-order valence-electron chi connectivity index (χ2n) is 6.26. The van der Waals surface area contributed by atoms with Crippen molar-refractivity contribution in [3.63, 3.8) is 0 Å². The molecule has 1 N–H and O–H groups in total. The largest absolute Gasteiger partial charge is 0.497 e. The molecule has 0 amide bonds. The van der Waals surface area contributed by atoms with Gasteiger partial charge in [0.05, 0.1) is 19.9 Å². The summed E-state index contributed by atoms with van der Waals surface area (Å²) in [6.07, 6.45) is 6.62. The molecule has 0 aliphatic heterocycles. The second kappa shape index (κ2) is 7.71. The maximum atomic E-state index is 5.73. The van der Waals surface area contributed by atoms with Crippen LogP contribution in [0.1, 0.15) is 37.0 Å². The number of rotatable bonds is 5. The van der Waals surface area contributed by atoms with Gasteiger partial charge in [-0.25, -0.2) is 0 Å². The Balaban J connectivity index is 1.75. The summed E-state index contributed by atoms with van der Waals surface area (Å²) in [6.45, 7) is 2.76.